The summed E-state index contributed by atoms with van der Waals surface area (Å²) in [5.41, 5.74) is 0.491. The van der Waals surface area contributed by atoms with Gasteiger partial charge >= 0.3 is 0 Å². The molecule has 0 saturated heterocycles. The molecule has 1 N–H and O–H groups in total. The zero-order valence-electron chi connectivity index (χ0n) is 12.9. The molecule has 19 heavy (non-hydrogen) atoms. The lowest BCUT2D eigenvalue weighted by Crippen LogP contribution is -2.30. The summed E-state index contributed by atoms with van der Waals surface area (Å²) in [5.74, 6) is 2.90. The molecule has 0 aromatic carbocycles. The van der Waals surface area contributed by atoms with Gasteiger partial charge in [0.25, 0.3) is 0 Å². The third-order valence-corrected chi connectivity index (χ3v) is 4.71. The monoisotopic (exact) mass is 263 g/mol. The highest BCUT2D eigenvalue weighted by molar-refractivity contribution is 4.90. The SMILES string of the molecule is Cn1ccnc1CNCC1CCC(C(C)(C)C)CC1. The van der Waals surface area contributed by atoms with Crippen LogP contribution in [0.2, 0.25) is 0 Å². The van der Waals surface area contributed by atoms with Crippen molar-refractivity contribution in [1.82, 2.24) is 14.9 Å². The van der Waals surface area contributed by atoms with Crippen molar-refractivity contribution < 1.29 is 0 Å². The smallest absolute Gasteiger partial charge is 0.122 e. The third kappa shape index (κ3) is 4.07. The Morgan fingerprint density at radius 2 is 1.95 bits per heavy atom. The van der Waals surface area contributed by atoms with Crippen LogP contribution >= 0.6 is 0 Å². The van der Waals surface area contributed by atoms with Crippen molar-refractivity contribution in [3.8, 4) is 0 Å². The fourth-order valence-electron chi connectivity index (χ4n) is 3.19. The predicted octanol–water partition coefficient (Wildman–Crippen LogP) is 3.36. The molecule has 1 aliphatic rings. The minimum atomic E-state index is 0.491. The van der Waals surface area contributed by atoms with E-state index < -0.39 is 0 Å². The van der Waals surface area contributed by atoms with E-state index in [9.17, 15) is 0 Å². The van der Waals surface area contributed by atoms with Gasteiger partial charge < -0.3 is 9.88 Å². The van der Waals surface area contributed by atoms with Crippen LogP contribution in [-0.4, -0.2) is 16.1 Å². The molecule has 0 radical (unpaired) electrons. The molecule has 3 heteroatoms. The molecule has 108 valence electrons. The second kappa shape index (κ2) is 6.08. The van der Waals surface area contributed by atoms with Gasteiger partial charge in [-0.1, -0.05) is 20.8 Å². The maximum atomic E-state index is 4.34. The number of hydrogen-bond donors (Lipinski definition) is 1. The Kier molecular flexibility index (Phi) is 4.67. The summed E-state index contributed by atoms with van der Waals surface area (Å²) in [5, 5.41) is 3.57. The number of nitrogens with zero attached hydrogens (tertiary/aromatic N) is 2. The van der Waals surface area contributed by atoms with Crippen LogP contribution in [0.25, 0.3) is 0 Å². The lowest BCUT2D eigenvalue weighted by molar-refractivity contribution is 0.149. The van der Waals surface area contributed by atoms with E-state index in [4.69, 9.17) is 0 Å². The van der Waals surface area contributed by atoms with Gasteiger partial charge in [0.1, 0.15) is 5.82 Å². The van der Waals surface area contributed by atoms with Gasteiger partial charge in [-0.2, -0.15) is 0 Å². The summed E-state index contributed by atoms with van der Waals surface area (Å²) >= 11 is 0. The van der Waals surface area contributed by atoms with E-state index in [-0.39, 0.29) is 0 Å². The number of aryl methyl sites for hydroxylation is 1. The fraction of sp³-hybridized carbons (Fsp3) is 0.812. The first-order chi connectivity index (χ1) is 8.97. The summed E-state index contributed by atoms with van der Waals surface area (Å²) in [7, 11) is 2.05. The number of rotatable bonds is 4. The van der Waals surface area contributed by atoms with Crippen molar-refractivity contribution in [1.29, 1.82) is 0 Å². The Balaban J connectivity index is 1.68. The molecule has 1 aromatic rings. The van der Waals surface area contributed by atoms with E-state index in [2.05, 4.69) is 42.7 Å². The number of aromatic nitrogens is 2. The Hall–Kier alpha value is -0.830. The van der Waals surface area contributed by atoms with E-state index in [1.165, 1.54) is 25.7 Å². The summed E-state index contributed by atoms with van der Waals surface area (Å²) < 4.78 is 2.09. The Labute approximate surface area is 117 Å². The second-order valence-corrected chi connectivity index (χ2v) is 7.17. The van der Waals surface area contributed by atoms with Crippen molar-refractivity contribution in [2.45, 2.75) is 53.0 Å². The average Bonchev–Trinajstić information content (AvgIpc) is 2.75. The van der Waals surface area contributed by atoms with Crippen LogP contribution in [0.1, 0.15) is 52.3 Å². The minimum absolute atomic E-state index is 0.491. The van der Waals surface area contributed by atoms with Crippen LogP contribution < -0.4 is 5.32 Å². The molecular formula is C16H29N3. The quantitative estimate of drug-likeness (QED) is 0.902. The van der Waals surface area contributed by atoms with Gasteiger partial charge in [-0.25, -0.2) is 4.98 Å². The molecule has 0 amide bonds. The molecule has 1 heterocycles. The molecule has 2 rings (SSSR count). The van der Waals surface area contributed by atoms with Gasteiger partial charge in [-0.15, -0.1) is 0 Å². The molecule has 0 spiro atoms. The normalized spacial score (nSPS) is 24.6. The van der Waals surface area contributed by atoms with Crippen molar-refractivity contribution in [2.75, 3.05) is 6.54 Å². The first-order valence-corrected chi connectivity index (χ1v) is 7.63. The van der Waals surface area contributed by atoms with E-state index >= 15 is 0 Å². The molecule has 1 saturated carbocycles. The van der Waals surface area contributed by atoms with E-state index in [0.29, 0.717) is 5.41 Å². The molecule has 0 bridgehead atoms. The first kappa shape index (κ1) is 14.6. The summed E-state index contributed by atoms with van der Waals surface area (Å²) in [6, 6.07) is 0. The lowest BCUT2D eigenvalue weighted by atomic mass is 9.70. The van der Waals surface area contributed by atoms with E-state index in [1.54, 1.807) is 0 Å². The predicted molar refractivity (Wildman–Crippen MR) is 79.8 cm³/mol. The number of imidazole rings is 1. The Bertz CT molecular complexity index is 381. The van der Waals surface area contributed by atoms with Crippen LogP contribution in [0.3, 0.4) is 0 Å². The summed E-state index contributed by atoms with van der Waals surface area (Å²) in [4.78, 5) is 4.34. The van der Waals surface area contributed by atoms with Crippen molar-refractivity contribution in [3.05, 3.63) is 18.2 Å². The highest BCUT2D eigenvalue weighted by Gasteiger charge is 2.29. The third-order valence-electron chi connectivity index (χ3n) is 4.71. The maximum absolute atomic E-state index is 4.34. The highest BCUT2D eigenvalue weighted by Crippen LogP contribution is 2.39. The van der Waals surface area contributed by atoms with E-state index in [0.717, 1.165) is 30.7 Å². The molecule has 1 aliphatic carbocycles. The van der Waals surface area contributed by atoms with Crippen LogP contribution in [-0.2, 0) is 13.6 Å². The Morgan fingerprint density at radius 3 is 2.47 bits per heavy atom. The fourth-order valence-corrected chi connectivity index (χ4v) is 3.19. The molecule has 3 nitrogen and oxygen atoms in total. The molecule has 0 atom stereocenters. The lowest BCUT2D eigenvalue weighted by Gasteiger charge is -2.37. The van der Waals surface area contributed by atoms with Gasteiger partial charge in [-0.05, 0) is 49.5 Å². The van der Waals surface area contributed by atoms with Crippen LogP contribution in [0.4, 0.5) is 0 Å². The molecule has 0 unspecified atom stereocenters. The maximum Gasteiger partial charge on any atom is 0.122 e. The number of nitrogens with one attached hydrogen (secondary N) is 1. The van der Waals surface area contributed by atoms with Gasteiger partial charge in [0.15, 0.2) is 0 Å². The van der Waals surface area contributed by atoms with Gasteiger partial charge in [-0.3, -0.25) is 0 Å². The Morgan fingerprint density at radius 1 is 1.26 bits per heavy atom. The van der Waals surface area contributed by atoms with Crippen LogP contribution in [0.15, 0.2) is 12.4 Å². The zero-order valence-corrected chi connectivity index (χ0v) is 12.9. The molecule has 1 aromatic heterocycles. The zero-order chi connectivity index (χ0) is 13.9. The van der Waals surface area contributed by atoms with Crippen LogP contribution in [0, 0.1) is 17.3 Å². The standard InChI is InChI=1S/C16H29N3/c1-16(2,3)14-7-5-13(6-8-14)11-17-12-15-18-9-10-19(15)4/h9-10,13-14,17H,5-8,11-12H2,1-4H3. The van der Waals surface area contributed by atoms with Crippen molar-refractivity contribution in [2.24, 2.45) is 24.3 Å². The minimum Gasteiger partial charge on any atom is -0.337 e. The largest absolute Gasteiger partial charge is 0.337 e. The second-order valence-electron chi connectivity index (χ2n) is 7.17. The summed E-state index contributed by atoms with van der Waals surface area (Å²) in [6.07, 6.45) is 9.44. The number of hydrogen-bond acceptors (Lipinski definition) is 2. The average molecular weight is 263 g/mol. The van der Waals surface area contributed by atoms with Crippen LogP contribution in [0.5, 0.6) is 0 Å². The summed E-state index contributed by atoms with van der Waals surface area (Å²) in [6.45, 7) is 9.19. The first-order valence-electron chi connectivity index (χ1n) is 7.63. The van der Waals surface area contributed by atoms with Gasteiger partial charge in [0.05, 0.1) is 6.54 Å². The molecular weight excluding hydrogens is 234 g/mol. The van der Waals surface area contributed by atoms with Crippen molar-refractivity contribution in [3.63, 3.8) is 0 Å². The topological polar surface area (TPSA) is 29.9 Å². The van der Waals surface area contributed by atoms with Gasteiger partial charge in [0.2, 0.25) is 0 Å². The van der Waals surface area contributed by atoms with E-state index in [1.807, 2.05) is 12.4 Å². The highest BCUT2D eigenvalue weighted by atomic mass is 15.1. The molecule has 0 aliphatic heterocycles. The molecule has 1 fully saturated rings. The van der Waals surface area contributed by atoms with Crippen molar-refractivity contribution >= 4 is 0 Å². The van der Waals surface area contributed by atoms with Gasteiger partial charge in [0, 0.05) is 19.4 Å².